The summed E-state index contributed by atoms with van der Waals surface area (Å²) < 4.78 is 0. The molecule has 72 valence electrons. The quantitative estimate of drug-likeness (QED) is 0.738. The lowest BCUT2D eigenvalue weighted by Crippen LogP contribution is -2.24. The molecule has 13 heavy (non-hydrogen) atoms. The van der Waals surface area contributed by atoms with Gasteiger partial charge in [-0.05, 0) is 18.1 Å². The first-order valence-electron chi connectivity index (χ1n) is 4.53. The van der Waals surface area contributed by atoms with Crippen LogP contribution in [0.15, 0.2) is 24.4 Å². The number of aliphatic hydroxyl groups is 1. The highest BCUT2D eigenvalue weighted by atomic mass is 16.3. The molecule has 3 heteroatoms. The van der Waals surface area contributed by atoms with Gasteiger partial charge in [-0.2, -0.15) is 0 Å². The van der Waals surface area contributed by atoms with E-state index in [0.29, 0.717) is 6.54 Å². The van der Waals surface area contributed by atoms with E-state index in [1.807, 2.05) is 32.0 Å². The van der Waals surface area contributed by atoms with Crippen molar-refractivity contribution < 1.29 is 5.11 Å². The fraction of sp³-hybridized carbons (Fsp3) is 0.500. The minimum atomic E-state index is -0.318. The highest BCUT2D eigenvalue weighted by Gasteiger charge is 2.07. The second kappa shape index (κ2) is 4.82. The maximum Gasteiger partial charge on any atom is 0.125 e. The largest absolute Gasteiger partial charge is 0.391 e. The van der Waals surface area contributed by atoms with Crippen LogP contribution < -0.4 is 5.32 Å². The van der Waals surface area contributed by atoms with Crippen molar-refractivity contribution in [3.05, 3.63) is 24.4 Å². The maximum absolute atomic E-state index is 9.50. The Kier molecular flexibility index (Phi) is 3.71. The number of anilines is 1. The van der Waals surface area contributed by atoms with Gasteiger partial charge in [-0.15, -0.1) is 0 Å². The van der Waals surface area contributed by atoms with Gasteiger partial charge in [-0.25, -0.2) is 4.98 Å². The summed E-state index contributed by atoms with van der Waals surface area (Å²) in [6.07, 6.45) is 1.41. The average molecular weight is 180 g/mol. The molecule has 0 radical (unpaired) electrons. The Labute approximate surface area is 78.8 Å². The van der Waals surface area contributed by atoms with Gasteiger partial charge in [0.05, 0.1) is 6.10 Å². The first-order chi connectivity index (χ1) is 6.20. The lowest BCUT2D eigenvalue weighted by atomic mass is 10.1. The molecule has 1 unspecified atom stereocenters. The second-order valence-electron chi connectivity index (χ2n) is 3.41. The van der Waals surface area contributed by atoms with Gasteiger partial charge in [-0.3, -0.25) is 0 Å². The Balaban J connectivity index is 2.35. The molecular weight excluding hydrogens is 164 g/mol. The van der Waals surface area contributed by atoms with Gasteiger partial charge >= 0.3 is 0 Å². The molecule has 1 atom stereocenters. The number of hydrogen-bond donors (Lipinski definition) is 2. The SMILES string of the molecule is CC(C)C(O)CNc1ccccn1. The summed E-state index contributed by atoms with van der Waals surface area (Å²) in [6, 6.07) is 5.66. The molecule has 3 nitrogen and oxygen atoms in total. The van der Waals surface area contributed by atoms with Crippen molar-refractivity contribution in [1.82, 2.24) is 4.98 Å². The summed E-state index contributed by atoms with van der Waals surface area (Å²) in [6.45, 7) is 4.53. The highest BCUT2D eigenvalue weighted by Crippen LogP contribution is 2.04. The minimum Gasteiger partial charge on any atom is -0.391 e. The number of aromatic nitrogens is 1. The molecule has 1 heterocycles. The van der Waals surface area contributed by atoms with Gasteiger partial charge in [0.1, 0.15) is 5.82 Å². The fourth-order valence-corrected chi connectivity index (χ4v) is 0.912. The lowest BCUT2D eigenvalue weighted by molar-refractivity contribution is 0.138. The van der Waals surface area contributed by atoms with Crippen molar-refractivity contribution in [3.8, 4) is 0 Å². The van der Waals surface area contributed by atoms with E-state index in [2.05, 4.69) is 10.3 Å². The molecule has 2 N–H and O–H groups in total. The van der Waals surface area contributed by atoms with Crippen LogP contribution in [0.4, 0.5) is 5.82 Å². The van der Waals surface area contributed by atoms with Crippen LogP contribution in [-0.2, 0) is 0 Å². The summed E-state index contributed by atoms with van der Waals surface area (Å²) >= 11 is 0. The molecule has 0 saturated carbocycles. The zero-order chi connectivity index (χ0) is 9.68. The third-order valence-electron chi connectivity index (χ3n) is 1.93. The Morgan fingerprint density at radius 3 is 2.77 bits per heavy atom. The molecule has 0 fully saturated rings. The van der Waals surface area contributed by atoms with Crippen molar-refractivity contribution in [2.45, 2.75) is 20.0 Å². The van der Waals surface area contributed by atoms with E-state index in [1.165, 1.54) is 0 Å². The Hall–Kier alpha value is -1.09. The number of rotatable bonds is 4. The van der Waals surface area contributed by atoms with Crippen molar-refractivity contribution >= 4 is 5.82 Å². The van der Waals surface area contributed by atoms with Crippen molar-refractivity contribution in [2.24, 2.45) is 5.92 Å². The van der Waals surface area contributed by atoms with Crippen LogP contribution in [0.2, 0.25) is 0 Å². The predicted molar refractivity (Wildman–Crippen MR) is 53.6 cm³/mol. The lowest BCUT2D eigenvalue weighted by Gasteiger charge is -2.15. The summed E-state index contributed by atoms with van der Waals surface area (Å²) in [7, 11) is 0. The molecule has 0 aromatic carbocycles. The summed E-state index contributed by atoms with van der Waals surface area (Å²) in [5.74, 6) is 1.08. The molecule has 0 amide bonds. The van der Waals surface area contributed by atoms with E-state index in [4.69, 9.17) is 0 Å². The van der Waals surface area contributed by atoms with Gasteiger partial charge in [0.25, 0.3) is 0 Å². The summed E-state index contributed by atoms with van der Waals surface area (Å²) in [5, 5.41) is 12.6. The van der Waals surface area contributed by atoms with Crippen LogP contribution in [-0.4, -0.2) is 22.7 Å². The van der Waals surface area contributed by atoms with Crippen LogP contribution in [0.5, 0.6) is 0 Å². The van der Waals surface area contributed by atoms with Crippen LogP contribution in [0.3, 0.4) is 0 Å². The van der Waals surface area contributed by atoms with Gasteiger partial charge in [0, 0.05) is 12.7 Å². The van der Waals surface area contributed by atoms with Crippen LogP contribution >= 0.6 is 0 Å². The number of nitrogens with zero attached hydrogens (tertiary/aromatic N) is 1. The molecule has 1 aromatic rings. The number of pyridine rings is 1. The van der Waals surface area contributed by atoms with Gasteiger partial charge in [0.15, 0.2) is 0 Å². The van der Waals surface area contributed by atoms with Gasteiger partial charge in [0.2, 0.25) is 0 Å². The zero-order valence-electron chi connectivity index (χ0n) is 8.07. The molecule has 1 rings (SSSR count). The van der Waals surface area contributed by atoms with Gasteiger partial charge in [-0.1, -0.05) is 19.9 Å². The number of hydrogen-bond acceptors (Lipinski definition) is 3. The fourth-order valence-electron chi connectivity index (χ4n) is 0.912. The topological polar surface area (TPSA) is 45.1 Å². The number of nitrogens with one attached hydrogen (secondary N) is 1. The summed E-state index contributed by atoms with van der Waals surface area (Å²) in [4.78, 5) is 4.09. The molecular formula is C10H16N2O. The van der Waals surface area contributed by atoms with Crippen molar-refractivity contribution in [3.63, 3.8) is 0 Å². The van der Waals surface area contributed by atoms with Crippen molar-refractivity contribution in [2.75, 3.05) is 11.9 Å². The van der Waals surface area contributed by atoms with Crippen LogP contribution in [0, 0.1) is 5.92 Å². The monoisotopic (exact) mass is 180 g/mol. The van der Waals surface area contributed by atoms with E-state index in [-0.39, 0.29) is 12.0 Å². The third-order valence-corrected chi connectivity index (χ3v) is 1.93. The van der Waals surface area contributed by atoms with Crippen LogP contribution in [0.25, 0.3) is 0 Å². The first kappa shape index (κ1) is 9.99. The standard InChI is InChI=1S/C10H16N2O/c1-8(2)9(13)7-12-10-5-3-4-6-11-10/h3-6,8-9,13H,7H2,1-2H3,(H,11,12). The first-order valence-corrected chi connectivity index (χ1v) is 4.53. The van der Waals surface area contributed by atoms with E-state index in [0.717, 1.165) is 5.82 Å². The van der Waals surface area contributed by atoms with Gasteiger partial charge < -0.3 is 10.4 Å². The predicted octanol–water partition coefficient (Wildman–Crippen LogP) is 1.51. The molecule has 0 saturated heterocycles. The molecule has 0 spiro atoms. The maximum atomic E-state index is 9.50. The Morgan fingerprint density at radius 2 is 2.23 bits per heavy atom. The zero-order valence-corrected chi connectivity index (χ0v) is 8.07. The van der Waals surface area contributed by atoms with Crippen molar-refractivity contribution in [1.29, 1.82) is 0 Å². The minimum absolute atomic E-state index is 0.274. The normalized spacial score (nSPS) is 12.9. The second-order valence-corrected chi connectivity index (χ2v) is 3.41. The Morgan fingerprint density at radius 1 is 1.46 bits per heavy atom. The van der Waals surface area contributed by atoms with Crippen LogP contribution in [0.1, 0.15) is 13.8 Å². The molecule has 0 aliphatic carbocycles. The van der Waals surface area contributed by atoms with E-state index in [1.54, 1.807) is 6.20 Å². The molecule has 0 bridgehead atoms. The molecule has 0 aliphatic rings. The van der Waals surface area contributed by atoms with E-state index < -0.39 is 0 Å². The van der Waals surface area contributed by atoms with E-state index >= 15 is 0 Å². The highest BCUT2D eigenvalue weighted by molar-refractivity contribution is 5.33. The summed E-state index contributed by atoms with van der Waals surface area (Å²) in [5.41, 5.74) is 0. The molecule has 0 aliphatic heterocycles. The number of aliphatic hydroxyl groups excluding tert-OH is 1. The average Bonchev–Trinajstić information content (AvgIpc) is 2.15. The smallest absolute Gasteiger partial charge is 0.125 e. The molecule has 1 aromatic heterocycles. The third kappa shape index (κ3) is 3.42. The van der Waals surface area contributed by atoms with E-state index in [9.17, 15) is 5.11 Å². The Bertz CT molecular complexity index is 236.